The van der Waals surface area contributed by atoms with Crippen molar-refractivity contribution >= 4 is 44.1 Å². The van der Waals surface area contributed by atoms with Gasteiger partial charge in [-0.25, -0.2) is 8.42 Å². The molecule has 136 valence electrons. The molecule has 4 nitrogen and oxygen atoms in total. The van der Waals surface area contributed by atoms with Gasteiger partial charge in [0.15, 0.2) is 15.0 Å². The number of hydrogen-bond acceptors (Lipinski definition) is 5. The van der Waals surface area contributed by atoms with Crippen molar-refractivity contribution in [3.05, 3.63) is 64.7 Å². The summed E-state index contributed by atoms with van der Waals surface area (Å²) in [6.45, 7) is 2.08. The summed E-state index contributed by atoms with van der Waals surface area (Å²) in [6.07, 6.45) is 0. The Morgan fingerprint density at radius 3 is 2.77 bits per heavy atom. The Hall–Kier alpha value is -1.50. The standard InChI is InChI=1S/C19H19ClN2O2S2/c1-13-4-2-5-14(8-13)10-25-19-21-17-11-26(23,24)12-18(17)22(19)16-7-3-6-15(20)9-16/h2-9,17-18H,10-12H2,1H3/t17-,18+/m1/s1. The molecule has 2 aliphatic rings. The Bertz CT molecular complexity index is 975. The van der Waals surface area contributed by atoms with E-state index in [1.165, 1.54) is 11.1 Å². The third kappa shape index (κ3) is 3.63. The van der Waals surface area contributed by atoms with Crippen LogP contribution in [0.1, 0.15) is 11.1 Å². The van der Waals surface area contributed by atoms with E-state index in [2.05, 4.69) is 36.1 Å². The van der Waals surface area contributed by atoms with Gasteiger partial charge in [-0.1, -0.05) is 59.3 Å². The number of aryl methyl sites for hydroxylation is 1. The summed E-state index contributed by atoms with van der Waals surface area (Å²) in [4.78, 5) is 6.81. The predicted octanol–water partition coefficient (Wildman–Crippen LogP) is 3.92. The largest absolute Gasteiger partial charge is 0.315 e. The van der Waals surface area contributed by atoms with Crippen LogP contribution in [-0.4, -0.2) is 37.2 Å². The predicted molar refractivity (Wildman–Crippen MR) is 110 cm³/mol. The molecule has 2 aliphatic heterocycles. The summed E-state index contributed by atoms with van der Waals surface area (Å²) >= 11 is 7.82. The molecule has 0 aliphatic carbocycles. The van der Waals surface area contributed by atoms with Gasteiger partial charge in [0.2, 0.25) is 0 Å². The molecule has 0 saturated carbocycles. The number of anilines is 1. The van der Waals surface area contributed by atoms with Crippen LogP contribution in [0.5, 0.6) is 0 Å². The lowest BCUT2D eigenvalue weighted by atomic mass is 10.1. The first-order valence-electron chi connectivity index (χ1n) is 8.43. The topological polar surface area (TPSA) is 49.7 Å². The van der Waals surface area contributed by atoms with Crippen LogP contribution in [-0.2, 0) is 15.6 Å². The van der Waals surface area contributed by atoms with Gasteiger partial charge >= 0.3 is 0 Å². The lowest BCUT2D eigenvalue weighted by molar-refractivity contribution is 0.601. The van der Waals surface area contributed by atoms with E-state index in [9.17, 15) is 8.42 Å². The van der Waals surface area contributed by atoms with Crippen molar-refractivity contribution in [2.75, 3.05) is 16.4 Å². The maximum absolute atomic E-state index is 12.1. The number of sulfone groups is 1. The number of fused-ring (bicyclic) bond motifs is 1. The highest BCUT2D eigenvalue weighted by Crippen LogP contribution is 2.36. The zero-order chi connectivity index (χ0) is 18.3. The molecule has 2 atom stereocenters. The third-order valence-electron chi connectivity index (χ3n) is 4.64. The molecule has 26 heavy (non-hydrogen) atoms. The second-order valence-corrected chi connectivity index (χ2v) is 10.3. The molecule has 0 radical (unpaired) electrons. The zero-order valence-corrected chi connectivity index (χ0v) is 16.7. The highest BCUT2D eigenvalue weighted by Gasteiger charge is 2.47. The Morgan fingerprint density at radius 2 is 2.00 bits per heavy atom. The highest BCUT2D eigenvalue weighted by molar-refractivity contribution is 8.13. The van der Waals surface area contributed by atoms with Gasteiger partial charge in [-0.15, -0.1) is 0 Å². The van der Waals surface area contributed by atoms with E-state index in [1.807, 2.05) is 24.3 Å². The van der Waals surface area contributed by atoms with E-state index >= 15 is 0 Å². The number of hydrogen-bond donors (Lipinski definition) is 0. The van der Waals surface area contributed by atoms with Crippen molar-refractivity contribution in [1.82, 2.24) is 0 Å². The minimum Gasteiger partial charge on any atom is -0.315 e. The number of halogens is 1. The summed E-state index contributed by atoms with van der Waals surface area (Å²) in [5.74, 6) is 1.06. The van der Waals surface area contributed by atoms with Crippen LogP contribution in [0.3, 0.4) is 0 Å². The van der Waals surface area contributed by atoms with Gasteiger partial charge in [-0.2, -0.15) is 0 Å². The molecular weight excluding hydrogens is 388 g/mol. The van der Waals surface area contributed by atoms with Crippen molar-refractivity contribution in [3.8, 4) is 0 Å². The molecule has 0 bridgehead atoms. The fourth-order valence-corrected chi connectivity index (χ4v) is 6.61. The molecule has 0 N–H and O–H groups in total. The summed E-state index contributed by atoms with van der Waals surface area (Å²) in [5.41, 5.74) is 3.36. The van der Waals surface area contributed by atoms with Crippen molar-refractivity contribution in [2.24, 2.45) is 4.99 Å². The molecule has 0 amide bonds. The lowest BCUT2D eigenvalue weighted by Gasteiger charge is -2.26. The van der Waals surface area contributed by atoms with Crippen LogP contribution < -0.4 is 4.90 Å². The number of thioether (sulfide) groups is 1. The number of nitrogens with zero attached hydrogens (tertiary/aromatic N) is 2. The second-order valence-electron chi connectivity index (χ2n) is 6.75. The van der Waals surface area contributed by atoms with Gasteiger partial charge in [0.25, 0.3) is 0 Å². The number of amidine groups is 1. The SMILES string of the molecule is Cc1cccc(CSC2=N[C@@H]3CS(=O)(=O)C[C@@H]3N2c2cccc(Cl)c2)c1. The number of rotatable bonds is 3. The van der Waals surface area contributed by atoms with E-state index < -0.39 is 9.84 Å². The molecule has 2 aromatic carbocycles. The van der Waals surface area contributed by atoms with Gasteiger partial charge in [-0.3, -0.25) is 4.99 Å². The van der Waals surface area contributed by atoms with Crippen molar-refractivity contribution in [3.63, 3.8) is 0 Å². The van der Waals surface area contributed by atoms with Gasteiger partial charge in [0.1, 0.15) is 0 Å². The number of benzene rings is 2. The van der Waals surface area contributed by atoms with Crippen LogP contribution >= 0.6 is 23.4 Å². The minimum absolute atomic E-state index is 0.128. The molecule has 0 spiro atoms. The van der Waals surface area contributed by atoms with Crippen LogP contribution in [0, 0.1) is 6.92 Å². The molecular formula is C19H19ClN2O2S2. The van der Waals surface area contributed by atoms with Crippen molar-refractivity contribution < 1.29 is 8.42 Å². The van der Waals surface area contributed by atoms with E-state index in [-0.39, 0.29) is 23.6 Å². The van der Waals surface area contributed by atoms with Crippen LogP contribution in [0.4, 0.5) is 5.69 Å². The van der Waals surface area contributed by atoms with E-state index in [4.69, 9.17) is 16.6 Å². The Kier molecular flexibility index (Phi) is 4.75. The smallest absolute Gasteiger partial charge is 0.164 e. The molecule has 0 unspecified atom stereocenters. The lowest BCUT2D eigenvalue weighted by Crippen LogP contribution is -2.39. The molecule has 4 rings (SSSR count). The summed E-state index contributed by atoms with van der Waals surface area (Å²) in [5, 5.41) is 1.51. The normalized spacial score (nSPS) is 23.8. The minimum atomic E-state index is -3.04. The van der Waals surface area contributed by atoms with Crippen molar-refractivity contribution in [2.45, 2.75) is 24.8 Å². The first-order valence-corrected chi connectivity index (χ1v) is 11.6. The quantitative estimate of drug-likeness (QED) is 0.775. The van der Waals surface area contributed by atoms with E-state index in [0.717, 1.165) is 16.6 Å². The monoisotopic (exact) mass is 406 g/mol. The summed E-state index contributed by atoms with van der Waals surface area (Å²) in [7, 11) is -3.04. The molecule has 7 heteroatoms. The van der Waals surface area contributed by atoms with Crippen molar-refractivity contribution in [1.29, 1.82) is 0 Å². The Balaban J connectivity index is 1.63. The van der Waals surface area contributed by atoms with Gasteiger partial charge < -0.3 is 4.90 Å². The molecule has 1 fully saturated rings. The maximum atomic E-state index is 12.1. The average molecular weight is 407 g/mol. The highest BCUT2D eigenvalue weighted by atomic mass is 35.5. The average Bonchev–Trinajstić information content (AvgIpc) is 3.04. The van der Waals surface area contributed by atoms with Crippen LogP contribution in [0.25, 0.3) is 0 Å². The second kappa shape index (κ2) is 6.91. The fourth-order valence-electron chi connectivity index (χ4n) is 3.51. The van der Waals surface area contributed by atoms with Crippen LogP contribution in [0.2, 0.25) is 5.02 Å². The van der Waals surface area contributed by atoms with E-state index in [0.29, 0.717) is 5.02 Å². The van der Waals surface area contributed by atoms with E-state index in [1.54, 1.807) is 11.8 Å². The molecule has 0 aromatic heterocycles. The summed E-state index contributed by atoms with van der Waals surface area (Å²) < 4.78 is 24.2. The first kappa shape index (κ1) is 17.9. The fraction of sp³-hybridized carbons (Fsp3) is 0.316. The Labute approximate surface area is 163 Å². The first-order chi connectivity index (χ1) is 12.4. The molecule has 1 saturated heterocycles. The molecule has 2 heterocycles. The zero-order valence-electron chi connectivity index (χ0n) is 14.3. The Morgan fingerprint density at radius 1 is 1.19 bits per heavy atom. The molecule has 2 aromatic rings. The van der Waals surface area contributed by atoms with Crippen LogP contribution in [0.15, 0.2) is 53.5 Å². The van der Waals surface area contributed by atoms with Gasteiger partial charge in [-0.05, 0) is 30.7 Å². The third-order valence-corrected chi connectivity index (χ3v) is 7.62. The van der Waals surface area contributed by atoms with Gasteiger partial charge in [0.05, 0.1) is 23.6 Å². The number of aliphatic imine (C=N–C) groups is 1. The van der Waals surface area contributed by atoms with Gasteiger partial charge in [0, 0.05) is 16.5 Å². The maximum Gasteiger partial charge on any atom is 0.164 e. The summed E-state index contributed by atoms with van der Waals surface area (Å²) in [6, 6.07) is 15.6.